The van der Waals surface area contributed by atoms with Crippen molar-refractivity contribution in [3.63, 3.8) is 0 Å². The van der Waals surface area contributed by atoms with Gasteiger partial charge >= 0.3 is 5.97 Å². The summed E-state index contributed by atoms with van der Waals surface area (Å²) in [5, 5.41) is 3.23. The standard InChI is InChI=1S/C18H21N3O5S.ClH/c1-25-17-6-4-3-5-14(17)16-12-19-9-10-21(16)27(23,24)13-7-8-15(20-11-13)18(22)26-2;/h3-8,11,16,19H,9-10,12H2,1-2H3;1H. The molecule has 1 atom stereocenters. The lowest BCUT2D eigenvalue weighted by Gasteiger charge is -2.35. The van der Waals surface area contributed by atoms with E-state index in [1.807, 2.05) is 18.2 Å². The molecular formula is C18H22ClN3O5S. The van der Waals surface area contributed by atoms with E-state index in [2.05, 4.69) is 15.0 Å². The maximum Gasteiger partial charge on any atom is 0.356 e. The van der Waals surface area contributed by atoms with Gasteiger partial charge in [-0.05, 0) is 18.2 Å². The number of aromatic nitrogens is 1. The van der Waals surface area contributed by atoms with Crippen LogP contribution in [-0.4, -0.2) is 57.5 Å². The number of carbonyl (C=O) groups excluding carboxylic acids is 1. The van der Waals surface area contributed by atoms with Crippen molar-refractivity contribution in [2.24, 2.45) is 0 Å². The fraction of sp³-hybridized carbons (Fsp3) is 0.333. The third kappa shape index (κ3) is 4.27. The van der Waals surface area contributed by atoms with Crippen LogP contribution >= 0.6 is 12.4 Å². The van der Waals surface area contributed by atoms with Gasteiger partial charge in [0, 0.05) is 31.4 Å². The van der Waals surface area contributed by atoms with Gasteiger partial charge in [0.1, 0.15) is 16.3 Å². The average Bonchev–Trinajstić information content (AvgIpc) is 2.73. The number of para-hydroxylation sites is 1. The number of halogens is 1. The first-order chi connectivity index (χ1) is 13.0. The zero-order valence-electron chi connectivity index (χ0n) is 15.5. The monoisotopic (exact) mass is 427 g/mol. The normalized spacial score (nSPS) is 17.4. The smallest absolute Gasteiger partial charge is 0.356 e. The van der Waals surface area contributed by atoms with Crippen molar-refractivity contribution in [3.8, 4) is 5.75 Å². The van der Waals surface area contributed by atoms with E-state index in [0.29, 0.717) is 25.4 Å². The first kappa shape index (κ1) is 22.1. The lowest BCUT2D eigenvalue weighted by Crippen LogP contribution is -2.48. The van der Waals surface area contributed by atoms with Crippen LogP contribution in [0, 0.1) is 0 Å². The number of nitrogens with one attached hydrogen (secondary N) is 1. The fourth-order valence-electron chi connectivity index (χ4n) is 3.07. The summed E-state index contributed by atoms with van der Waals surface area (Å²) in [7, 11) is -1.01. The Balaban J connectivity index is 0.00000280. The molecule has 1 aromatic heterocycles. The van der Waals surface area contributed by atoms with Crippen LogP contribution in [0.4, 0.5) is 0 Å². The number of nitrogens with zero attached hydrogens (tertiary/aromatic N) is 2. The van der Waals surface area contributed by atoms with E-state index in [0.717, 1.165) is 5.56 Å². The summed E-state index contributed by atoms with van der Waals surface area (Å²) in [5.41, 5.74) is 0.841. The lowest BCUT2D eigenvalue weighted by molar-refractivity contribution is 0.0594. The maximum absolute atomic E-state index is 13.2. The summed E-state index contributed by atoms with van der Waals surface area (Å²) in [6.45, 7) is 1.32. The van der Waals surface area contributed by atoms with Gasteiger partial charge in [0.05, 0.1) is 20.3 Å². The van der Waals surface area contributed by atoms with Crippen LogP contribution in [0.2, 0.25) is 0 Å². The van der Waals surface area contributed by atoms with E-state index in [1.165, 1.54) is 29.7 Å². The Morgan fingerprint density at radius 2 is 1.96 bits per heavy atom. The van der Waals surface area contributed by atoms with Crippen LogP contribution < -0.4 is 10.1 Å². The Hall–Kier alpha value is -2.20. The van der Waals surface area contributed by atoms with Gasteiger partial charge in [-0.15, -0.1) is 12.4 Å². The summed E-state index contributed by atoms with van der Waals surface area (Å²) < 4.78 is 37.9. The molecule has 1 aromatic carbocycles. The van der Waals surface area contributed by atoms with Crippen molar-refractivity contribution < 1.29 is 22.7 Å². The van der Waals surface area contributed by atoms with Gasteiger partial charge in [-0.3, -0.25) is 0 Å². The Morgan fingerprint density at radius 1 is 1.21 bits per heavy atom. The van der Waals surface area contributed by atoms with Gasteiger partial charge in [0.25, 0.3) is 0 Å². The number of rotatable bonds is 5. The highest BCUT2D eigenvalue weighted by atomic mass is 35.5. The van der Waals surface area contributed by atoms with Crippen molar-refractivity contribution in [2.75, 3.05) is 33.9 Å². The van der Waals surface area contributed by atoms with E-state index in [9.17, 15) is 13.2 Å². The van der Waals surface area contributed by atoms with E-state index >= 15 is 0 Å². The minimum Gasteiger partial charge on any atom is -0.496 e. The minimum atomic E-state index is -3.81. The molecule has 10 heteroatoms. The van der Waals surface area contributed by atoms with Crippen molar-refractivity contribution in [2.45, 2.75) is 10.9 Å². The lowest BCUT2D eigenvalue weighted by atomic mass is 10.0. The number of pyridine rings is 1. The summed E-state index contributed by atoms with van der Waals surface area (Å²) in [6.07, 6.45) is 1.18. The van der Waals surface area contributed by atoms with Crippen LogP contribution in [-0.2, 0) is 14.8 Å². The SMILES string of the molecule is COC(=O)c1ccc(S(=O)(=O)N2CCNCC2c2ccccc2OC)cn1.Cl. The quantitative estimate of drug-likeness (QED) is 0.724. The highest BCUT2D eigenvalue weighted by Gasteiger charge is 2.36. The van der Waals surface area contributed by atoms with E-state index in [-0.39, 0.29) is 23.0 Å². The number of piperazine rings is 1. The molecule has 0 radical (unpaired) electrons. The number of ether oxygens (including phenoxy) is 2. The third-order valence-corrected chi connectivity index (χ3v) is 6.32. The van der Waals surface area contributed by atoms with Gasteiger partial charge in [-0.2, -0.15) is 4.31 Å². The van der Waals surface area contributed by atoms with Gasteiger partial charge < -0.3 is 14.8 Å². The number of esters is 1. The second kappa shape index (κ2) is 9.33. The predicted octanol–water partition coefficient (Wildman–Crippen LogP) is 1.63. The van der Waals surface area contributed by atoms with E-state index in [4.69, 9.17) is 4.74 Å². The number of carbonyl (C=O) groups is 1. The van der Waals surface area contributed by atoms with Crippen LogP contribution in [0.1, 0.15) is 22.1 Å². The highest BCUT2D eigenvalue weighted by Crippen LogP contribution is 2.33. The first-order valence-electron chi connectivity index (χ1n) is 8.39. The zero-order chi connectivity index (χ0) is 19.4. The van der Waals surface area contributed by atoms with Crippen molar-refractivity contribution in [3.05, 3.63) is 53.9 Å². The van der Waals surface area contributed by atoms with E-state index in [1.54, 1.807) is 13.2 Å². The maximum atomic E-state index is 13.2. The molecule has 0 amide bonds. The predicted molar refractivity (Wildman–Crippen MR) is 105 cm³/mol. The molecule has 0 spiro atoms. The third-order valence-electron chi connectivity index (χ3n) is 4.43. The Kier molecular flexibility index (Phi) is 7.36. The second-order valence-electron chi connectivity index (χ2n) is 5.95. The molecule has 1 aliphatic rings. The molecule has 152 valence electrons. The van der Waals surface area contributed by atoms with Crippen LogP contribution in [0.5, 0.6) is 5.75 Å². The number of benzene rings is 1. The number of hydrogen-bond donors (Lipinski definition) is 1. The molecule has 8 nitrogen and oxygen atoms in total. The Bertz CT molecular complexity index is 921. The number of sulfonamides is 1. The van der Waals surface area contributed by atoms with Crippen LogP contribution in [0.15, 0.2) is 47.5 Å². The molecule has 1 unspecified atom stereocenters. The highest BCUT2D eigenvalue weighted by molar-refractivity contribution is 7.89. The molecule has 3 rings (SSSR count). The molecule has 0 aliphatic carbocycles. The average molecular weight is 428 g/mol. The topological polar surface area (TPSA) is 97.8 Å². The Morgan fingerprint density at radius 3 is 2.61 bits per heavy atom. The van der Waals surface area contributed by atoms with Gasteiger partial charge in [-0.25, -0.2) is 18.2 Å². The summed E-state index contributed by atoms with van der Waals surface area (Å²) in [5.74, 6) is 0.0126. The largest absolute Gasteiger partial charge is 0.496 e. The first-order valence-corrected chi connectivity index (χ1v) is 9.83. The zero-order valence-corrected chi connectivity index (χ0v) is 17.1. The summed E-state index contributed by atoms with van der Waals surface area (Å²) in [4.78, 5) is 15.5. The van der Waals surface area contributed by atoms with Crippen LogP contribution in [0.3, 0.4) is 0 Å². The van der Waals surface area contributed by atoms with Crippen molar-refractivity contribution >= 4 is 28.4 Å². The number of hydrogen-bond acceptors (Lipinski definition) is 7. The Labute approximate surface area is 170 Å². The summed E-state index contributed by atoms with van der Waals surface area (Å²) >= 11 is 0. The van der Waals surface area contributed by atoms with Gasteiger partial charge in [-0.1, -0.05) is 18.2 Å². The molecule has 1 aliphatic heterocycles. The molecular weight excluding hydrogens is 406 g/mol. The van der Waals surface area contributed by atoms with Crippen molar-refractivity contribution in [1.29, 1.82) is 0 Å². The van der Waals surface area contributed by atoms with Crippen LogP contribution in [0.25, 0.3) is 0 Å². The summed E-state index contributed by atoms with van der Waals surface area (Å²) in [6, 6.07) is 9.66. The molecule has 28 heavy (non-hydrogen) atoms. The van der Waals surface area contributed by atoms with Gasteiger partial charge in [0.2, 0.25) is 10.0 Å². The molecule has 0 saturated carbocycles. The molecule has 1 N–H and O–H groups in total. The molecule has 0 bridgehead atoms. The molecule has 1 saturated heterocycles. The molecule has 2 heterocycles. The van der Waals surface area contributed by atoms with Gasteiger partial charge in [0.15, 0.2) is 0 Å². The number of methoxy groups -OCH3 is 2. The second-order valence-corrected chi connectivity index (χ2v) is 7.84. The van der Waals surface area contributed by atoms with E-state index < -0.39 is 22.0 Å². The van der Waals surface area contributed by atoms with Crippen molar-refractivity contribution in [1.82, 2.24) is 14.6 Å². The molecule has 2 aromatic rings. The minimum absolute atomic E-state index is 0. The fourth-order valence-corrected chi connectivity index (χ4v) is 4.63. The molecule has 1 fully saturated rings.